The first kappa shape index (κ1) is 12.2. The number of likely N-dealkylation sites (tertiary alicyclic amines) is 1. The molecule has 2 saturated heterocycles. The number of thiophene rings is 1. The molecule has 1 aromatic heterocycles. The molecule has 1 atom stereocenters. The Labute approximate surface area is 112 Å². The van der Waals surface area contributed by atoms with Crippen LogP contribution in [-0.4, -0.2) is 30.4 Å². The fourth-order valence-corrected chi connectivity index (χ4v) is 3.97. The van der Waals surface area contributed by atoms with Crippen molar-refractivity contribution in [1.82, 2.24) is 10.2 Å². The van der Waals surface area contributed by atoms with Gasteiger partial charge in [-0.05, 0) is 50.2 Å². The molecule has 4 heteroatoms. The normalized spacial score (nSPS) is 29.4. The molecule has 1 aromatic rings. The number of carbonyl (C=O) groups excluding carboxylic acids is 1. The summed E-state index contributed by atoms with van der Waals surface area (Å²) in [4.78, 5) is 15.9. The zero-order valence-corrected chi connectivity index (χ0v) is 11.5. The molecule has 1 unspecified atom stereocenters. The largest absolute Gasteiger partial charge is 0.356 e. The third kappa shape index (κ3) is 2.31. The lowest BCUT2D eigenvalue weighted by atomic mass is 9.79. The monoisotopic (exact) mass is 264 g/mol. The third-order valence-corrected chi connectivity index (χ3v) is 5.23. The summed E-state index contributed by atoms with van der Waals surface area (Å²) in [5.74, 6) is 0.306. The van der Waals surface area contributed by atoms with Gasteiger partial charge in [0.05, 0.1) is 5.41 Å². The van der Waals surface area contributed by atoms with E-state index < -0.39 is 0 Å². The van der Waals surface area contributed by atoms with E-state index >= 15 is 0 Å². The van der Waals surface area contributed by atoms with E-state index in [0.717, 1.165) is 51.9 Å². The summed E-state index contributed by atoms with van der Waals surface area (Å²) in [7, 11) is 0. The van der Waals surface area contributed by atoms with Crippen LogP contribution in [-0.2, 0) is 11.3 Å². The highest BCUT2D eigenvalue weighted by molar-refractivity contribution is 7.09. The van der Waals surface area contributed by atoms with Crippen molar-refractivity contribution in [3.05, 3.63) is 22.4 Å². The number of hydrogen-bond donors (Lipinski definition) is 1. The zero-order chi connectivity index (χ0) is 12.4. The van der Waals surface area contributed by atoms with E-state index in [2.05, 4.69) is 27.7 Å². The van der Waals surface area contributed by atoms with Crippen molar-refractivity contribution in [2.24, 2.45) is 5.41 Å². The maximum Gasteiger partial charge on any atom is 0.226 e. The molecule has 2 fully saturated rings. The molecule has 0 saturated carbocycles. The predicted molar refractivity (Wildman–Crippen MR) is 73.5 cm³/mol. The van der Waals surface area contributed by atoms with Crippen LogP contribution in [0.4, 0.5) is 0 Å². The standard InChI is InChI=1S/C14H20N2OS/c17-13-14(5-7-15-13)4-2-8-16(9-6-14)11-12-3-1-10-18-12/h1,3,10H,2,4-9,11H2,(H,15,17). The second-order valence-electron chi connectivity index (χ2n) is 5.50. The van der Waals surface area contributed by atoms with Gasteiger partial charge in [-0.3, -0.25) is 9.69 Å². The van der Waals surface area contributed by atoms with Crippen molar-refractivity contribution < 1.29 is 4.79 Å². The van der Waals surface area contributed by atoms with Crippen LogP contribution in [0.5, 0.6) is 0 Å². The van der Waals surface area contributed by atoms with Gasteiger partial charge >= 0.3 is 0 Å². The molecule has 1 amide bonds. The van der Waals surface area contributed by atoms with Gasteiger partial charge in [0.2, 0.25) is 5.91 Å². The van der Waals surface area contributed by atoms with Gasteiger partial charge in [-0.25, -0.2) is 0 Å². The zero-order valence-electron chi connectivity index (χ0n) is 10.7. The predicted octanol–water partition coefficient (Wildman–Crippen LogP) is 2.24. The highest BCUT2D eigenvalue weighted by Gasteiger charge is 2.42. The Hall–Kier alpha value is -0.870. The summed E-state index contributed by atoms with van der Waals surface area (Å²) < 4.78 is 0. The summed E-state index contributed by atoms with van der Waals surface area (Å²) in [6, 6.07) is 4.32. The van der Waals surface area contributed by atoms with Crippen LogP contribution in [0.2, 0.25) is 0 Å². The first-order valence-electron chi connectivity index (χ1n) is 6.82. The quantitative estimate of drug-likeness (QED) is 0.888. The average molecular weight is 264 g/mol. The van der Waals surface area contributed by atoms with Crippen molar-refractivity contribution in [2.45, 2.75) is 32.2 Å². The summed E-state index contributed by atoms with van der Waals surface area (Å²) >= 11 is 1.83. The molecule has 0 radical (unpaired) electrons. The molecule has 1 spiro atoms. The van der Waals surface area contributed by atoms with Crippen molar-refractivity contribution >= 4 is 17.2 Å². The topological polar surface area (TPSA) is 32.3 Å². The second kappa shape index (κ2) is 5.02. The summed E-state index contributed by atoms with van der Waals surface area (Å²) in [5, 5.41) is 5.15. The Morgan fingerprint density at radius 2 is 2.28 bits per heavy atom. The Balaban J connectivity index is 1.63. The van der Waals surface area contributed by atoms with Crippen molar-refractivity contribution in [1.29, 1.82) is 0 Å². The molecule has 3 nitrogen and oxygen atoms in total. The number of hydrogen-bond acceptors (Lipinski definition) is 3. The van der Waals surface area contributed by atoms with Gasteiger partial charge in [-0.1, -0.05) is 6.07 Å². The molecule has 1 N–H and O–H groups in total. The Bertz CT molecular complexity index is 417. The number of rotatable bonds is 2. The van der Waals surface area contributed by atoms with Gasteiger partial charge < -0.3 is 5.32 Å². The maximum atomic E-state index is 12.0. The lowest BCUT2D eigenvalue weighted by Crippen LogP contribution is -2.32. The fraction of sp³-hybridized carbons (Fsp3) is 0.643. The molecule has 3 heterocycles. The van der Waals surface area contributed by atoms with Crippen molar-refractivity contribution in [2.75, 3.05) is 19.6 Å². The van der Waals surface area contributed by atoms with E-state index in [-0.39, 0.29) is 5.41 Å². The molecule has 3 rings (SSSR count). The van der Waals surface area contributed by atoms with Gasteiger partial charge in [0.15, 0.2) is 0 Å². The van der Waals surface area contributed by atoms with Crippen molar-refractivity contribution in [3.63, 3.8) is 0 Å². The highest BCUT2D eigenvalue weighted by Crippen LogP contribution is 2.38. The molecule has 2 aliphatic rings. The van der Waals surface area contributed by atoms with Crippen LogP contribution in [0, 0.1) is 5.41 Å². The molecule has 0 aliphatic carbocycles. The Kier molecular flexibility index (Phi) is 3.39. The van der Waals surface area contributed by atoms with E-state index in [1.807, 2.05) is 11.3 Å². The van der Waals surface area contributed by atoms with E-state index in [1.54, 1.807) is 0 Å². The van der Waals surface area contributed by atoms with Gasteiger partial charge in [0.1, 0.15) is 0 Å². The minimum Gasteiger partial charge on any atom is -0.356 e. The molecule has 0 bridgehead atoms. The summed E-state index contributed by atoms with van der Waals surface area (Å²) in [6.07, 6.45) is 4.29. The molecule has 2 aliphatic heterocycles. The van der Waals surface area contributed by atoms with Crippen LogP contribution in [0.1, 0.15) is 30.6 Å². The first-order valence-corrected chi connectivity index (χ1v) is 7.70. The van der Waals surface area contributed by atoms with Gasteiger partial charge in [-0.2, -0.15) is 0 Å². The van der Waals surface area contributed by atoms with Gasteiger partial charge in [0, 0.05) is 18.0 Å². The van der Waals surface area contributed by atoms with Crippen LogP contribution in [0.15, 0.2) is 17.5 Å². The summed E-state index contributed by atoms with van der Waals surface area (Å²) in [5.41, 5.74) is -0.0375. The van der Waals surface area contributed by atoms with Crippen LogP contribution >= 0.6 is 11.3 Å². The molecule has 18 heavy (non-hydrogen) atoms. The minimum atomic E-state index is -0.0375. The number of nitrogens with one attached hydrogen (secondary N) is 1. The SMILES string of the molecule is O=C1NCCC12CCCN(Cc1cccs1)CC2. The van der Waals surface area contributed by atoms with Crippen LogP contribution in [0.3, 0.4) is 0 Å². The smallest absolute Gasteiger partial charge is 0.226 e. The number of carbonyl (C=O) groups is 1. The van der Waals surface area contributed by atoms with E-state index in [4.69, 9.17) is 0 Å². The lowest BCUT2D eigenvalue weighted by molar-refractivity contribution is -0.128. The fourth-order valence-electron chi connectivity index (χ4n) is 3.22. The second-order valence-corrected chi connectivity index (χ2v) is 6.53. The molecular formula is C14H20N2OS. The van der Waals surface area contributed by atoms with E-state index in [0.29, 0.717) is 5.91 Å². The Morgan fingerprint density at radius 3 is 3.00 bits per heavy atom. The van der Waals surface area contributed by atoms with E-state index in [1.165, 1.54) is 4.88 Å². The third-order valence-electron chi connectivity index (χ3n) is 4.37. The number of amides is 1. The summed E-state index contributed by atoms with van der Waals surface area (Å²) in [6.45, 7) is 4.12. The van der Waals surface area contributed by atoms with Gasteiger partial charge in [0.25, 0.3) is 0 Å². The van der Waals surface area contributed by atoms with Crippen LogP contribution in [0.25, 0.3) is 0 Å². The molecule has 0 aromatic carbocycles. The van der Waals surface area contributed by atoms with E-state index in [9.17, 15) is 4.79 Å². The highest BCUT2D eigenvalue weighted by atomic mass is 32.1. The first-order chi connectivity index (χ1) is 8.78. The van der Waals surface area contributed by atoms with Crippen LogP contribution < -0.4 is 5.32 Å². The van der Waals surface area contributed by atoms with Crippen molar-refractivity contribution in [3.8, 4) is 0 Å². The molecular weight excluding hydrogens is 244 g/mol. The minimum absolute atomic E-state index is 0.0375. The van der Waals surface area contributed by atoms with Gasteiger partial charge in [-0.15, -0.1) is 11.3 Å². The maximum absolute atomic E-state index is 12.0. The molecule has 98 valence electrons. The Morgan fingerprint density at radius 1 is 1.33 bits per heavy atom. The number of nitrogens with zero attached hydrogens (tertiary/aromatic N) is 1. The lowest BCUT2D eigenvalue weighted by Gasteiger charge is -2.24. The average Bonchev–Trinajstić information content (AvgIpc) is 2.92.